The molecular formula is C11H11BrN2O. The minimum Gasteiger partial charge on any atom is -0.480 e. The number of para-hydroxylation sites is 1. The molecule has 0 fully saturated rings. The van der Waals surface area contributed by atoms with Crippen LogP contribution in [0.1, 0.15) is 5.56 Å². The van der Waals surface area contributed by atoms with E-state index in [1.807, 2.05) is 41.2 Å². The van der Waals surface area contributed by atoms with Gasteiger partial charge in [-0.2, -0.15) is 0 Å². The van der Waals surface area contributed by atoms with E-state index in [9.17, 15) is 0 Å². The predicted molar refractivity (Wildman–Crippen MR) is 62.7 cm³/mol. The molecule has 0 unspecified atom stereocenters. The van der Waals surface area contributed by atoms with Crippen LogP contribution in [0.2, 0.25) is 0 Å². The molecule has 0 bridgehead atoms. The number of benzene rings is 1. The van der Waals surface area contributed by atoms with Gasteiger partial charge in [0.1, 0.15) is 0 Å². The summed E-state index contributed by atoms with van der Waals surface area (Å²) in [5, 5.41) is 5.07. The van der Waals surface area contributed by atoms with Gasteiger partial charge >= 0.3 is 0 Å². The number of aromatic nitrogens is 2. The van der Waals surface area contributed by atoms with Crippen LogP contribution in [0.4, 0.5) is 0 Å². The third-order valence-electron chi connectivity index (χ3n) is 2.11. The molecule has 2 rings (SSSR count). The summed E-state index contributed by atoms with van der Waals surface area (Å²) in [5.74, 6) is 0.663. The molecule has 15 heavy (non-hydrogen) atoms. The Bertz CT molecular complexity index is 418. The Morgan fingerprint density at radius 2 is 2.07 bits per heavy atom. The van der Waals surface area contributed by atoms with E-state index in [1.165, 1.54) is 0 Å². The highest BCUT2D eigenvalue weighted by atomic mass is 79.9. The van der Waals surface area contributed by atoms with E-state index in [0.29, 0.717) is 5.88 Å². The molecule has 2 aromatic rings. The van der Waals surface area contributed by atoms with Crippen molar-refractivity contribution in [2.24, 2.45) is 0 Å². The van der Waals surface area contributed by atoms with Crippen LogP contribution >= 0.6 is 15.9 Å². The average Bonchev–Trinajstić information content (AvgIpc) is 2.73. The summed E-state index contributed by atoms with van der Waals surface area (Å²) < 4.78 is 6.99. The van der Waals surface area contributed by atoms with Crippen molar-refractivity contribution in [2.75, 3.05) is 7.11 Å². The molecule has 1 heterocycles. The standard InChI is InChI=1S/C11H11BrN2O/c1-15-11-9(7-12)8-14(13-11)10-5-3-2-4-6-10/h2-6,8H,7H2,1H3. The molecule has 3 nitrogen and oxygen atoms in total. The quantitative estimate of drug-likeness (QED) is 0.799. The van der Waals surface area contributed by atoms with Gasteiger partial charge in [0.2, 0.25) is 5.88 Å². The summed E-state index contributed by atoms with van der Waals surface area (Å²) in [4.78, 5) is 0. The number of nitrogens with zero attached hydrogens (tertiary/aromatic N) is 2. The lowest BCUT2D eigenvalue weighted by molar-refractivity contribution is 0.391. The van der Waals surface area contributed by atoms with Crippen molar-refractivity contribution in [3.63, 3.8) is 0 Å². The van der Waals surface area contributed by atoms with Crippen molar-refractivity contribution in [2.45, 2.75) is 5.33 Å². The summed E-state index contributed by atoms with van der Waals surface area (Å²) in [6, 6.07) is 9.96. The highest BCUT2D eigenvalue weighted by Gasteiger charge is 2.08. The van der Waals surface area contributed by atoms with Gasteiger partial charge in [0.25, 0.3) is 0 Å². The largest absolute Gasteiger partial charge is 0.480 e. The summed E-state index contributed by atoms with van der Waals surface area (Å²) in [7, 11) is 1.63. The fraction of sp³-hybridized carbons (Fsp3) is 0.182. The zero-order chi connectivity index (χ0) is 10.7. The Morgan fingerprint density at radius 1 is 1.33 bits per heavy atom. The second-order valence-electron chi connectivity index (χ2n) is 3.08. The zero-order valence-electron chi connectivity index (χ0n) is 8.35. The van der Waals surface area contributed by atoms with Gasteiger partial charge in [0.05, 0.1) is 12.8 Å². The molecule has 78 valence electrons. The van der Waals surface area contributed by atoms with Crippen LogP contribution in [0.25, 0.3) is 5.69 Å². The molecule has 0 atom stereocenters. The fourth-order valence-electron chi connectivity index (χ4n) is 1.37. The van der Waals surface area contributed by atoms with E-state index < -0.39 is 0 Å². The molecular weight excluding hydrogens is 256 g/mol. The molecule has 0 spiro atoms. The van der Waals surface area contributed by atoms with Gasteiger partial charge in [0, 0.05) is 17.1 Å². The van der Waals surface area contributed by atoms with E-state index >= 15 is 0 Å². The molecule has 0 saturated carbocycles. The van der Waals surface area contributed by atoms with E-state index in [2.05, 4.69) is 21.0 Å². The Kier molecular flexibility index (Phi) is 3.06. The Balaban J connectivity index is 2.42. The maximum atomic E-state index is 5.18. The van der Waals surface area contributed by atoms with Gasteiger partial charge in [-0.25, -0.2) is 4.68 Å². The molecule has 0 saturated heterocycles. The van der Waals surface area contributed by atoms with Crippen LogP contribution in [0.15, 0.2) is 36.5 Å². The van der Waals surface area contributed by atoms with E-state index in [-0.39, 0.29) is 0 Å². The minimum absolute atomic E-state index is 0.663. The van der Waals surface area contributed by atoms with Gasteiger partial charge in [-0.05, 0) is 12.1 Å². The second kappa shape index (κ2) is 4.49. The third-order valence-corrected chi connectivity index (χ3v) is 2.71. The normalized spacial score (nSPS) is 10.3. The zero-order valence-corrected chi connectivity index (χ0v) is 9.94. The topological polar surface area (TPSA) is 27.1 Å². The van der Waals surface area contributed by atoms with Crippen molar-refractivity contribution < 1.29 is 4.74 Å². The van der Waals surface area contributed by atoms with Gasteiger partial charge in [-0.3, -0.25) is 0 Å². The highest BCUT2D eigenvalue weighted by Crippen LogP contribution is 2.20. The SMILES string of the molecule is COc1nn(-c2ccccc2)cc1CBr. The van der Waals surface area contributed by atoms with Crippen molar-refractivity contribution >= 4 is 15.9 Å². The molecule has 4 heteroatoms. The number of hydrogen-bond acceptors (Lipinski definition) is 2. The van der Waals surface area contributed by atoms with Crippen LogP contribution in [0.3, 0.4) is 0 Å². The third kappa shape index (κ3) is 2.04. The number of ether oxygens (including phenoxy) is 1. The number of methoxy groups -OCH3 is 1. The monoisotopic (exact) mass is 266 g/mol. The molecule has 0 aliphatic carbocycles. The molecule has 1 aromatic heterocycles. The first kappa shape index (κ1) is 10.2. The number of halogens is 1. The highest BCUT2D eigenvalue weighted by molar-refractivity contribution is 9.08. The van der Waals surface area contributed by atoms with Crippen molar-refractivity contribution in [1.82, 2.24) is 9.78 Å². The van der Waals surface area contributed by atoms with Crippen LogP contribution in [-0.4, -0.2) is 16.9 Å². The average molecular weight is 267 g/mol. The first-order chi connectivity index (χ1) is 7.35. The van der Waals surface area contributed by atoms with Gasteiger partial charge < -0.3 is 4.74 Å². The Labute approximate surface area is 96.8 Å². The molecule has 0 radical (unpaired) electrons. The van der Waals surface area contributed by atoms with Crippen LogP contribution < -0.4 is 4.74 Å². The van der Waals surface area contributed by atoms with Gasteiger partial charge in [-0.15, -0.1) is 5.10 Å². The molecule has 0 aliphatic rings. The molecule has 1 aromatic carbocycles. The summed E-state index contributed by atoms with van der Waals surface area (Å²) in [6.45, 7) is 0. The lowest BCUT2D eigenvalue weighted by Gasteiger charge is -1.98. The molecule has 0 aliphatic heterocycles. The Hall–Kier alpha value is -1.29. The van der Waals surface area contributed by atoms with Crippen LogP contribution in [0.5, 0.6) is 5.88 Å². The van der Waals surface area contributed by atoms with Crippen molar-refractivity contribution in [1.29, 1.82) is 0 Å². The number of alkyl halides is 1. The van der Waals surface area contributed by atoms with Crippen LogP contribution in [-0.2, 0) is 5.33 Å². The maximum Gasteiger partial charge on any atom is 0.237 e. The first-order valence-electron chi connectivity index (χ1n) is 4.59. The summed E-state index contributed by atoms with van der Waals surface area (Å²) >= 11 is 3.40. The number of hydrogen-bond donors (Lipinski definition) is 0. The predicted octanol–water partition coefficient (Wildman–Crippen LogP) is 2.78. The smallest absolute Gasteiger partial charge is 0.237 e. The first-order valence-corrected chi connectivity index (χ1v) is 5.71. The van der Waals surface area contributed by atoms with E-state index in [4.69, 9.17) is 4.74 Å². The molecule has 0 N–H and O–H groups in total. The summed E-state index contributed by atoms with van der Waals surface area (Å²) in [5.41, 5.74) is 2.07. The van der Waals surface area contributed by atoms with Crippen molar-refractivity contribution in [3.05, 3.63) is 42.1 Å². The van der Waals surface area contributed by atoms with E-state index in [0.717, 1.165) is 16.6 Å². The van der Waals surface area contributed by atoms with E-state index in [1.54, 1.807) is 7.11 Å². The number of rotatable bonds is 3. The minimum atomic E-state index is 0.663. The fourth-order valence-corrected chi connectivity index (χ4v) is 1.75. The lowest BCUT2D eigenvalue weighted by Crippen LogP contribution is -1.94. The molecule has 0 amide bonds. The van der Waals surface area contributed by atoms with Crippen molar-refractivity contribution in [3.8, 4) is 11.6 Å². The maximum absolute atomic E-state index is 5.18. The second-order valence-corrected chi connectivity index (χ2v) is 3.64. The Morgan fingerprint density at radius 3 is 2.60 bits per heavy atom. The van der Waals surface area contributed by atoms with Gasteiger partial charge in [-0.1, -0.05) is 34.1 Å². The van der Waals surface area contributed by atoms with Crippen LogP contribution in [0, 0.1) is 0 Å². The lowest BCUT2D eigenvalue weighted by atomic mass is 10.3. The van der Waals surface area contributed by atoms with Gasteiger partial charge in [0.15, 0.2) is 0 Å². The summed E-state index contributed by atoms with van der Waals surface area (Å²) in [6.07, 6.45) is 1.96.